The molecule has 0 atom stereocenters. The average Bonchev–Trinajstić information content (AvgIpc) is 2.37. The van der Waals surface area contributed by atoms with Crippen LogP contribution in [0.2, 0.25) is 10.0 Å². The maximum absolute atomic E-state index is 12.2. The molecule has 0 radical (unpaired) electrons. The van der Waals surface area contributed by atoms with Crippen molar-refractivity contribution in [2.75, 3.05) is 5.32 Å². The maximum atomic E-state index is 12.2. The van der Waals surface area contributed by atoms with Gasteiger partial charge in [0.1, 0.15) is 0 Å². The van der Waals surface area contributed by atoms with Gasteiger partial charge in [-0.2, -0.15) is 0 Å². The number of hydrogen-bond acceptors (Lipinski definition) is 1. The van der Waals surface area contributed by atoms with Crippen molar-refractivity contribution in [2.45, 2.75) is 6.92 Å². The molecule has 2 nitrogen and oxygen atoms in total. The number of halogens is 3. The smallest absolute Gasteiger partial charge is 0.256 e. The molecule has 0 aromatic heterocycles. The minimum atomic E-state index is -0.219. The van der Waals surface area contributed by atoms with Crippen LogP contribution in [0.15, 0.2) is 40.9 Å². The third-order valence-corrected chi connectivity index (χ3v) is 4.11. The molecule has 98 valence electrons. The Labute approximate surface area is 129 Å². The van der Waals surface area contributed by atoms with Crippen LogP contribution >= 0.6 is 39.1 Å². The van der Waals surface area contributed by atoms with Gasteiger partial charge in [0.15, 0.2) is 0 Å². The third-order valence-electron chi connectivity index (χ3n) is 2.69. The van der Waals surface area contributed by atoms with Gasteiger partial charge in [-0.25, -0.2) is 0 Å². The lowest BCUT2D eigenvalue weighted by molar-refractivity contribution is 0.102. The van der Waals surface area contributed by atoms with E-state index in [1.807, 2.05) is 19.1 Å². The van der Waals surface area contributed by atoms with Crippen molar-refractivity contribution in [3.8, 4) is 0 Å². The average molecular weight is 359 g/mol. The van der Waals surface area contributed by atoms with Crippen LogP contribution in [-0.4, -0.2) is 5.91 Å². The maximum Gasteiger partial charge on any atom is 0.256 e. The van der Waals surface area contributed by atoms with E-state index in [0.717, 1.165) is 10.0 Å². The Hall–Kier alpha value is -1.03. The lowest BCUT2D eigenvalue weighted by atomic mass is 10.1. The Bertz CT molecular complexity index is 643. The first-order valence-corrected chi connectivity index (χ1v) is 7.05. The highest BCUT2D eigenvalue weighted by molar-refractivity contribution is 9.10. The molecule has 0 saturated carbocycles. The van der Waals surface area contributed by atoms with Crippen LogP contribution in [0.4, 0.5) is 5.69 Å². The van der Waals surface area contributed by atoms with Gasteiger partial charge < -0.3 is 5.32 Å². The second-order valence-corrected chi connectivity index (χ2v) is 5.69. The molecule has 2 rings (SSSR count). The molecule has 1 amide bonds. The summed E-state index contributed by atoms with van der Waals surface area (Å²) >= 11 is 15.3. The molecule has 5 heteroatoms. The number of carbonyl (C=O) groups is 1. The predicted octanol–water partition coefficient (Wildman–Crippen LogP) is 5.32. The number of rotatable bonds is 2. The fourth-order valence-electron chi connectivity index (χ4n) is 1.64. The Morgan fingerprint density at radius 1 is 1.21 bits per heavy atom. The molecule has 0 bridgehead atoms. The van der Waals surface area contributed by atoms with E-state index < -0.39 is 0 Å². The summed E-state index contributed by atoms with van der Waals surface area (Å²) in [6.07, 6.45) is 0. The number of benzene rings is 2. The summed E-state index contributed by atoms with van der Waals surface area (Å²) in [5.74, 6) is -0.219. The molecular formula is C14H10BrCl2NO. The fourth-order valence-corrected chi connectivity index (χ4v) is 2.34. The van der Waals surface area contributed by atoms with Gasteiger partial charge in [-0.05, 0) is 42.8 Å². The summed E-state index contributed by atoms with van der Waals surface area (Å²) in [7, 11) is 0. The zero-order valence-electron chi connectivity index (χ0n) is 10.0. The highest BCUT2D eigenvalue weighted by Crippen LogP contribution is 2.27. The van der Waals surface area contributed by atoms with E-state index in [9.17, 15) is 4.79 Å². The van der Waals surface area contributed by atoms with Gasteiger partial charge in [-0.3, -0.25) is 4.79 Å². The second kappa shape index (κ2) is 5.95. The first kappa shape index (κ1) is 14.4. The molecule has 1 N–H and O–H groups in total. The fraction of sp³-hybridized carbons (Fsp3) is 0.0714. The van der Waals surface area contributed by atoms with Gasteiger partial charge in [-0.15, -0.1) is 0 Å². The lowest BCUT2D eigenvalue weighted by Gasteiger charge is -2.10. The van der Waals surface area contributed by atoms with E-state index in [2.05, 4.69) is 21.2 Å². The van der Waals surface area contributed by atoms with Gasteiger partial charge >= 0.3 is 0 Å². The van der Waals surface area contributed by atoms with Crippen molar-refractivity contribution in [3.05, 3.63) is 62.0 Å². The molecule has 2 aromatic rings. The summed E-state index contributed by atoms with van der Waals surface area (Å²) in [5.41, 5.74) is 1.96. The highest BCUT2D eigenvalue weighted by Gasteiger charge is 2.12. The Balaban J connectivity index is 2.31. The molecule has 0 unspecified atom stereocenters. The van der Waals surface area contributed by atoms with Gasteiger partial charge in [0.25, 0.3) is 5.91 Å². The first-order valence-electron chi connectivity index (χ1n) is 5.50. The molecule has 0 spiro atoms. The normalized spacial score (nSPS) is 10.3. The van der Waals surface area contributed by atoms with E-state index in [1.54, 1.807) is 24.3 Å². The monoisotopic (exact) mass is 357 g/mol. The summed E-state index contributed by atoms with van der Waals surface area (Å²) in [6.45, 7) is 1.87. The molecule has 0 aliphatic carbocycles. The Morgan fingerprint density at radius 3 is 2.68 bits per heavy atom. The van der Waals surface area contributed by atoms with Crippen LogP contribution in [0.25, 0.3) is 0 Å². The van der Waals surface area contributed by atoms with E-state index in [0.29, 0.717) is 21.3 Å². The Morgan fingerprint density at radius 2 is 1.95 bits per heavy atom. The van der Waals surface area contributed by atoms with Crippen LogP contribution in [-0.2, 0) is 0 Å². The summed E-state index contributed by atoms with van der Waals surface area (Å²) in [4.78, 5) is 12.2. The van der Waals surface area contributed by atoms with Crippen LogP contribution < -0.4 is 5.32 Å². The van der Waals surface area contributed by atoms with Crippen molar-refractivity contribution in [2.24, 2.45) is 0 Å². The first-order chi connectivity index (χ1) is 8.99. The number of nitrogens with one attached hydrogen (secondary N) is 1. The zero-order chi connectivity index (χ0) is 14.0. The standard InChI is InChI=1S/C14H10BrCl2NO/c1-8-10(3-2-4-11(8)15)14(19)18-13-7-9(16)5-6-12(13)17/h2-7H,1H3,(H,18,19). The SMILES string of the molecule is Cc1c(Br)cccc1C(=O)Nc1cc(Cl)ccc1Cl. The van der Waals surface area contributed by atoms with Crippen LogP contribution in [0.3, 0.4) is 0 Å². The van der Waals surface area contributed by atoms with Crippen molar-refractivity contribution < 1.29 is 4.79 Å². The largest absolute Gasteiger partial charge is 0.321 e. The van der Waals surface area contributed by atoms with Crippen LogP contribution in [0, 0.1) is 6.92 Å². The summed E-state index contributed by atoms with van der Waals surface area (Å²) < 4.78 is 0.886. The van der Waals surface area contributed by atoms with E-state index in [-0.39, 0.29) is 5.91 Å². The minimum Gasteiger partial charge on any atom is -0.321 e. The van der Waals surface area contributed by atoms with Gasteiger partial charge in [0.2, 0.25) is 0 Å². The number of anilines is 1. The molecule has 2 aromatic carbocycles. The quantitative estimate of drug-likeness (QED) is 0.773. The van der Waals surface area contributed by atoms with Crippen molar-refractivity contribution >= 4 is 50.7 Å². The minimum absolute atomic E-state index is 0.219. The second-order valence-electron chi connectivity index (χ2n) is 3.99. The van der Waals surface area contributed by atoms with E-state index in [1.165, 1.54) is 0 Å². The van der Waals surface area contributed by atoms with Crippen molar-refractivity contribution in [3.63, 3.8) is 0 Å². The summed E-state index contributed by atoms with van der Waals surface area (Å²) in [5, 5.41) is 3.73. The molecule has 19 heavy (non-hydrogen) atoms. The third kappa shape index (κ3) is 3.30. The van der Waals surface area contributed by atoms with Crippen molar-refractivity contribution in [1.82, 2.24) is 0 Å². The molecule has 0 heterocycles. The topological polar surface area (TPSA) is 29.1 Å². The zero-order valence-corrected chi connectivity index (χ0v) is 13.1. The van der Waals surface area contributed by atoms with Crippen LogP contribution in [0.1, 0.15) is 15.9 Å². The predicted molar refractivity (Wildman–Crippen MR) is 83.3 cm³/mol. The number of hydrogen-bond donors (Lipinski definition) is 1. The van der Waals surface area contributed by atoms with Gasteiger partial charge in [0.05, 0.1) is 10.7 Å². The molecular weight excluding hydrogens is 349 g/mol. The van der Waals surface area contributed by atoms with Gasteiger partial charge in [-0.1, -0.05) is 45.2 Å². The molecule has 0 saturated heterocycles. The van der Waals surface area contributed by atoms with E-state index in [4.69, 9.17) is 23.2 Å². The number of amides is 1. The molecule has 0 aliphatic heterocycles. The van der Waals surface area contributed by atoms with Gasteiger partial charge in [0, 0.05) is 15.1 Å². The highest BCUT2D eigenvalue weighted by atomic mass is 79.9. The summed E-state index contributed by atoms with van der Waals surface area (Å²) in [6, 6.07) is 10.4. The van der Waals surface area contributed by atoms with E-state index >= 15 is 0 Å². The van der Waals surface area contributed by atoms with Crippen LogP contribution in [0.5, 0.6) is 0 Å². The van der Waals surface area contributed by atoms with Crippen molar-refractivity contribution in [1.29, 1.82) is 0 Å². The number of carbonyl (C=O) groups excluding carboxylic acids is 1. The Kier molecular flexibility index (Phi) is 4.50. The molecule has 0 aliphatic rings. The molecule has 0 fully saturated rings. The lowest BCUT2D eigenvalue weighted by Crippen LogP contribution is -2.13.